The van der Waals surface area contributed by atoms with E-state index in [1.165, 1.54) is 0 Å². The summed E-state index contributed by atoms with van der Waals surface area (Å²) in [5, 5.41) is 0. The van der Waals surface area contributed by atoms with E-state index in [0.717, 1.165) is 19.3 Å². The zero-order valence-corrected chi connectivity index (χ0v) is 7.71. The molecule has 0 radical (unpaired) electrons. The minimum absolute atomic E-state index is 0.155. The van der Waals surface area contributed by atoms with E-state index in [4.69, 9.17) is 15.2 Å². The number of carbonyl (C=O) groups excluding carboxylic acids is 1. The molecule has 1 amide bonds. The summed E-state index contributed by atoms with van der Waals surface area (Å²) in [5.74, 6) is -0.249. The summed E-state index contributed by atoms with van der Waals surface area (Å²) in [6.45, 7) is 0. The van der Waals surface area contributed by atoms with Crippen LogP contribution in [0.2, 0.25) is 0 Å². The summed E-state index contributed by atoms with van der Waals surface area (Å²) in [6.07, 6.45) is 2.80. The van der Waals surface area contributed by atoms with E-state index >= 15 is 0 Å². The van der Waals surface area contributed by atoms with Gasteiger partial charge in [-0.2, -0.15) is 0 Å². The van der Waals surface area contributed by atoms with Crippen molar-refractivity contribution in [2.45, 2.75) is 32.0 Å². The van der Waals surface area contributed by atoms with Gasteiger partial charge in [0.05, 0.1) is 0 Å². The van der Waals surface area contributed by atoms with Gasteiger partial charge in [0.15, 0.2) is 6.29 Å². The van der Waals surface area contributed by atoms with Gasteiger partial charge in [0.1, 0.15) is 0 Å². The quantitative estimate of drug-likeness (QED) is 0.456. The van der Waals surface area contributed by atoms with Crippen molar-refractivity contribution in [3.63, 3.8) is 0 Å². The van der Waals surface area contributed by atoms with Crippen LogP contribution in [0.3, 0.4) is 0 Å². The van der Waals surface area contributed by atoms with Crippen LogP contribution < -0.4 is 5.73 Å². The molecule has 0 aromatic rings. The molecule has 0 saturated heterocycles. The van der Waals surface area contributed by atoms with E-state index in [9.17, 15) is 4.79 Å². The first-order chi connectivity index (χ1) is 5.70. The maximum Gasteiger partial charge on any atom is 0.217 e. The highest BCUT2D eigenvalue weighted by molar-refractivity contribution is 5.73. The third-order valence-electron chi connectivity index (χ3n) is 1.64. The second kappa shape index (κ2) is 7.06. The normalized spacial score (nSPS) is 10.6. The zero-order chi connectivity index (χ0) is 9.40. The van der Waals surface area contributed by atoms with Crippen LogP contribution in [0, 0.1) is 0 Å². The van der Waals surface area contributed by atoms with E-state index in [-0.39, 0.29) is 12.2 Å². The summed E-state index contributed by atoms with van der Waals surface area (Å²) in [4.78, 5) is 10.3. The molecule has 12 heavy (non-hydrogen) atoms. The number of ether oxygens (including phenoxy) is 2. The maximum absolute atomic E-state index is 10.3. The Morgan fingerprint density at radius 1 is 1.33 bits per heavy atom. The summed E-state index contributed by atoms with van der Waals surface area (Å²) in [6, 6.07) is 0. The highest BCUT2D eigenvalue weighted by Gasteiger charge is 2.04. The van der Waals surface area contributed by atoms with Crippen LogP contribution in [0.4, 0.5) is 0 Å². The number of unbranched alkanes of at least 4 members (excludes halogenated alkanes) is 1. The smallest absolute Gasteiger partial charge is 0.217 e. The molecule has 0 bridgehead atoms. The Bertz CT molecular complexity index is 123. The highest BCUT2D eigenvalue weighted by Crippen LogP contribution is 2.05. The van der Waals surface area contributed by atoms with Crippen LogP contribution in [0.15, 0.2) is 0 Å². The minimum atomic E-state index is -0.249. The van der Waals surface area contributed by atoms with Crippen molar-refractivity contribution in [1.82, 2.24) is 0 Å². The summed E-state index contributed by atoms with van der Waals surface area (Å²) in [7, 11) is 3.20. The summed E-state index contributed by atoms with van der Waals surface area (Å²) in [5.41, 5.74) is 4.97. The molecule has 0 aromatic carbocycles. The molecule has 0 heterocycles. The fourth-order valence-corrected chi connectivity index (χ4v) is 0.942. The summed E-state index contributed by atoms with van der Waals surface area (Å²) >= 11 is 0. The number of nitrogens with two attached hydrogens (primary N) is 1. The average Bonchev–Trinajstić information content (AvgIpc) is 2.04. The molecule has 0 rings (SSSR count). The molecule has 0 unspecified atom stereocenters. The van der Waals surface area contributed by atoms with Crippen molar-refractivity contribution < 1.29 is 14.3 Å². The second-order valence-corrected chi connectivity index (χ2v) is 2.61. The van der Waals surface area contributed by atoms with Crippen LogP contribution in [-0.2, 0) is 14.3 Å². The molecule has 0 aliphatic heterocycles. The Morgan fingerprint density at radius 3 is 2.33 bits per heavy atom. The van der Waals surface area contributed by atoms with Gasteiger partial charge in [-0.05, 0) is 19.3 Å². The molecule has 0 aromatic heterocycles. The van der Waals surface area contributed by atoms with Crippen molar-refractivity contribution in [1.29, 1.82) is 0 Å². The summed E-state index contributed by atoms with van der Waals surface area (Å²) < 4.78 is 9.94. The molecule has 2 N–H and O–H groups in total. The Balaban J connectivity index is 3.23. The molecule has 4 heteroatoms. The Hall–Kier alpha value is -0.610. The van der Waals surface area contributed by atoms with Crippen LogP contribution in [0.25, 0.3) is 0 Å². The number of hydrogen-bond donors (Lipinski definition) is 1. The van der Waals surface area contributed by atoms with E-state index in [0.29, 0.717) is 6.42 Å². The van der Waals surface area contributed by atoms with Crippen molar-refractivity contribution in [2.75, 3.05) is 14.2 Å². The fraction of sp³-hybridized carbons (Fsp3) is 0.875. The molecule has 0 spiro atoms. The topological polar surface area (TPSA) is 61.5 Å². The Morgan fingerprint density at radius 2 is 1.92 bits per heavy atom. The van der Waals surface area contributed by atoms with E-state index in [1.807, 2.05) is 0 Å². The molecule has 0 aliphatic rings. The lowest BCUT2D eigenvalue weighted by molar-refractivity contribution is -0.118. The number of methoxy groups -OCH3 is 2. The van der Waals surface area contributed by atoms with Crippen LogP contribution in [0.1, 0.15) is 25.7 Å². The molecule has 0 fully saturated rings. The monoisotopic (exact) mass is 175 g/mol. The van der Waals surface area contributed by atoms with Crippen LogP contribution >= 0.6 is 0 Å². The van der Waals surface area contributed by atoms with Gasteiger partial charge >= 0.3 is 0 Å². The van der Waals surface area contributed by atoms with Crippen molar-refractivity contribution in [2.24, 2.45) is 5.73 Å². The van der Waals surface area contributed by atoms with E-state index in [2.05, 4.69) is 0 Å². The van der Waals surface area contributed by atoms with Gasteiger partial charge in [-0.15, -0.1) is 0 Å². The predicted molar refractivity (Wildman–Crippen MR) is 45.5 cm³/mol. The van der Waals surface area contributed by atoms with Crippen LogP contribution in [0.5, 0.6) is 0 Å². The number of primary amides is 1. The first kappa shape index (κ1) is 11.4. The Labute approximate surface area is 73.0 Å². The number of hydrogen-bond acceptors (Lipinski definition) is 3. The van der Waals surface area contributed by atoms with Gasteiger partial charge in [-0.1, -0.05) is 0 Å². The molecule has 0 aliphatic carbocycles. The SMILES string of the molecule is COC(CCCCC(N)=O)OC. The lowest BCUT2D eigenvalue weighted by Gasteiger charge is -2.11. The van der Waals surface area contributed by atoms with Crippen molar-refractivity contribution >= 4 is 5.91 Å². The van der Waals surface area contributed by atoms with Gasteiger partial charge in [-0.25, -0.2) is 0 Å². The highest BCUT2D eigenvalue weighted by atomic mass is 16.7. The third-order valence-corrected chi connectivity index (χ3v) is 1.64. The molecule has 0 saturated carbocycles. The first-order valence-electron chi connectivity index (χ1n) is 4.04. The molecule has 4 nitrogen and oxygen atoms in total. The van der Waals surface area contributed by atoms with Crippen molar-refractivity contribution in [3.05, 3.63) is 0 Å². The second-order valence-electron chi connectivity index (χ2n) is 2.61. The molecular weight excluding hydrogens is 158 g/mol. The van der Waals surface area contributed by atoms with Gasteiger partial charge in [0.2, 0.25) is 5.91 Å². The fourth-order valence-electron chi connectivity index (χ4n) is 0.942. The van der Waals surface area contributed by atoms with Gasteiger partial charge < -0.3 is 15.2 Å². The number of rotatable bonds is 7. The first-order valence-corrected chi connectivity index (χ1v) is 4.04. The van der Waals surface area contributed by atoms with Gasteiger partial charge in [0, 0.05) is 20.6 Å². The molecule has 72 valence electrons. The van der Waals surface area contributed by atoms with Crippen LogP contribution in [-0.4, -0.2) is 26.4 Å². The predicted octanol–water partition coefficient (Wildman–Crippen LogP) is 0.651. The third kappa shape index (κ3) is 6.12. The standard InChI is InChI=1S/C8H17NO3/c1-11-8(12-2)6-4-3-5-7(9)10/h8H,3-6H2,1-2H3,(H2,9,10). The Kier molecular flexibility index (Phi) is 6.70. The molecule has 0 atom stereocenters. The number of carbonyl (C=O) groups is 1. The molecular formula is C8H17NO3. The minimum Gasteiger partial charge on any atom is -0.370 e. The maximum atomic E-state index is 10.3. The van der Waals surface area contributed by atoms with Crippen molar-refractivity contribution in [3.8, 4) is 0 Å². The largest absolute Gasteiger partial charge is 0.370 e. The van der Waals surface area contributed by atoms with E-state index in [1.54, 1.807) is 14.2 Å². The lowest BCUT2D eigenvalue weighted by Crippen LogP contribution is -2.13. The van der Waals surface area contributed by atoms with E-state index < -0.39 is 0 Å². The lowest BCUT2D eigenvalue weighted by atomic mass is 10.2. The van der Waals surface area contributed by atoms with Gasteiger partial charge in [0.25, 0.3) is 0 Å². The average molecular weight is 175 g/mol. The zero-order valence-electron chi connectivity index (χ0n) is 7.71. The van der Waals surface area contributed by atoms with Gasteiger partial charge in [-0.3, -0.25) is 4.79 Å². The number of amides is 1.